The minimum absolute atomic E-state index is 1.02. The van der Waals surface area contributed by atoms with Gasteiger partial charge in [0.15, 0.2) is 0 Å². The summed E-state index contributed by atoms with van der Waals surface area (Å²) in [6.07, 6.45) is 21.9. The monoisotopic (exact) mass is 616 g/mol. The third-order valence-corrected chi connectivity index (χ3v) is 9.11. The second-order valence-corrected chi connectivity index (χ2v) is 12.6. The van der Waals surface area contributed by atoms with Gasteiger partial charge in [-0.15, -0.1) is 0 Å². The summed E-state index contributed by atoms with van der Waals surface area (Å²) in [6.45, 7) is 0. The van der Waals surface area contributed by atoms with Crippen LogP contribution in [-0.2, 0) is 25.7 Å². The molecule has 4 aliphatic carbocycles. The third kappa shape index (κ3) is 8.35. The van der Waals surface area contributed by atoms with Crippen LogP contribution in [0.2, 0.25) is 0 Å². The molecule has 48 heavy (non-hydrogen) atoms. The lowest BCUT2D eigenvalue weighted by molar-refractivity contribution is 0.917. The largest absolute Gasteiger partial charge is 0.0622 e. The minimum atomic E-state index is 1.02. The van der Waals surface area contributed by atoms with Crippen molar-refractivity contribution in [2.24, 2.45) is 0 Å². The molecule has 0 amide bonds. The first kappa shape index (κ1) is 30.9. The van der Waals surface area contributed by atoms with E-state index < -0.39 is 0 Å². The van der Waals surface area contributed by atoms with Crippen LogP contribution < -0.4 is 0 Å². The Morgan fingerprint density at radius 3 is 0.938 bits per heavy atom. The molecule has 0 spiro atoms. The number of hydrogen-bond donors (Lipinski definition) is 0. The Kier molecular flexibility index (Phi) is 9.82. The molecule has 0 fully saturated rings. The lowest BCUT2D eigenvalue weighted by Gasteiger charge is -2.15. The molecular formula is C48H40. The summed E-state index contributed by atoms with van der Waals surface area (Å²) < 4.78 is 0. The molecule has 0 unspecified atom stereocenters. The van der Waals surface area contributed by atoms with Crippen molar-refractivity contribution < 1.29 is 0 Å². The molecular weight excluding hydrogens is 577 g/mol. The smallest absolute Gasteiger partial charge is 0.0221 e. The normalized spacial score (nSPS) is 13.2. The molecule has 0 aromatic heterocycles. The zero-order valence-corrected chi connectivity index (χ0v) is 27.3. The summed E-state index contributed by atoms with van der Waals surface area (Å²) in [6, 6.07) is 52.6. The van der Waals surface area contributed by atoms with Crippen LogP contribution in [0, 0.1) is 0 Å². The lowest BCUT2D eigenvalue weighted by atomic mass is 9.90. The van der Waals surface area contributed by atoms with Crippen molar-refractivity contribution in [2.75, 3.05) is 0 Å². The van der Waals surface area contributed by atoms with Gasteiger partial charge in [-0.05, 0) is 92.4 Å². The van der Waals surface area contributed by atoms with Gasteiger partial charge in [0.1, 0.15) is 0 Å². The van der Waals surface area contributed by atoms with Gasteiger partial charge < -0.3 is 0 Å². The first-order valence-corrected chi connectivity index (χ1v) is 17.0. The Hall–Kier alpha value is -5.72. The van der Waals surface area contributed by atoms with Gasteiger partial charge in [0.2, 0.25) is 0 Å². The molecule has 0 nitrogen and oxygen atoms in total. The lowest BCUT2D eigenvalue weighted by Crippen LogP contribution is -2.02. The molecule has 0 atom stereocenters. The van der Waals surface area contributed by atoms with Crippen molar-refractivity contribution in [3.8, 4) is 0 Å². The van der Waals surface area contributed by atoms with Gasteiger partial charge in [0, 0.05) is 0 Å². The molecule has 0 heteroatoms. The SMILES string of the molecule is C(=C\c1ccc(/C=C/c2cc3ccc2CCc2ccc(c(/C=C/c4ccc(/C=C/c5ccccc5)cc4)c2)CC3)cc1)/c1ccccc1. The highest BCUT2D eigenvalue weighted by atomic mass is 14.1. The van der Waals surface area contributed by atoms with Gasteiger partial charge >= 0.3 is 0 Å². The van der Waals surface area contributed by atoms with E-state index in [1.807, 2.05) is 12.1 Å². The Balaban J connectivity index is 1.03. The summed E-state index contributed by atoms with van der Waals surface area (Å²) in [5.41, 5.74) is 15.5. The molecule has 232 valence electrons. The molecule has 6 aromatic carbocycles. The fourth-order valence-electron chi connectivity index (χ4n) is 6.25. The van der Waals surface area contributed by atoms with Gasteiger partial charge in [-0.2, -0.15) is 0 Å². The maximum absolute atomic E-state index is 2.40. The van der Waals surface area contributed by atoms with Crippen LogP contribution in [0.5, 0.6) is 0 Å². The van der Waals surface area contributed by atoms with Crippen LogP contribution in [0.4, 0.5) is 0 Å². The van der Waals surface area contributed by atoms with Crippen molar-refractivity contribution in [1.29, 1.82) is 0 Å². The van der Waals surface area contributed by atoms with Gasteiger partial charge in [-0.1, -0.05) is 194 Å². The van der Waals surface area contributed by atoms with Crippen LogP contribution in [-0.4, -0.2) is 0 Å². The second kappa shape index (κ2) is 15.2. The van der Waals surface area contributed by atoms with Crippen molar-refractivity contribution >= 4 is 48.6 Å². The molecule has 0 saturated carbocycles. The fourth-order valence-corrected chi connectivity index (χ4v) is 6.25. The molecule has 0 radical (unpaired) electrons. The van der Waals surface area contributed by atoms with Gasteiger partial charge in [0.05, 0.1) is 0 Å². The van der Waals surface area contributed by atoms with Crippen LogP contribution in [0.15, 0.2) is 146 Å². The molecule has 0 aliphatic heterocycles. The molecule has 0 heterocycles. The van der Waals surface area contributed by atoms with E-state index in [9.17, 15) is 0 Å². The average molecular weight is 617 g/mol. The predicted molar refractivity (Wildman–Crippen MR) is 209 cm³/mol. The summed E-state index contributed by atoms with van der Waals surface area (Å²) in [7, 11) is 0. The molecule has 4 bridgehead atoms. The maximum Gasteiger partial charge on any atom is -0.0221 e. The standard InChI is InChI=1S/C48H40/c1-3-7-37(8-4-1)11-13-39-15-19-41(20-16-39)23-33-47-35-43-25-29-45(47)31-27-44-26-30-46(32-28-43)48(36-44)34-24-42-21-17-40(18-22-42)14-12-38-9-5-2-6-10-38/h1-26,29-30,33-36H,27-28,31-32H2/b13-11+,14-12+,33-23+,34-24+. The number of hydrogen-bond acceptors (Lipinski definition) is 0. The highest BCUT2D eigenvalue weighted by Gasteiger charge is 2.09. The quantitative estimate of drug-likeness (QED) is 0.149. The summed E-state index contributed by atoms with van der Waals surface area (Å²) >= 11 is 0. The molecule has 0 N–H and O–H groups in total. The van der Waals surface area contributed by atoms with Crippen molar-refractivity contribution in [1.82, 2.24) is 0 Å². The highest BCUT2D eigenvalue weighted by molar-refractivity contribution is 5.76. The van der Waals surface area contributed by atoms with Gasteiger partial charge in [0.25, 0.3) is 0 Å². The van der Waals surface area contributed by atoms with E-state index in [-0.39, 0.29) is 0 Å². The van der Waals surface area contributed by atoms with E-state index in [0.29, 0.717) is 0 Å². The predicted octanol–water partition coefficient (Wildman–Crippen LogP) is 12.3. The van der Waals surface area contributed by atoms with E-state index in [0.717, 1.165) is 25.7 Å². The summed E-state index contributed by atoms with van der Waals surface area (Å²) in [5.74, 6) is 0. The van der Waals surface area contributed by atoms with Crippen molar-refractivity contribution in [3.05, 3.63) is 212 Å². The Bertz CT molecular complexity index is 1920. The van der Waals surface area contributed by atoms with Crippen molar-refractivity contribution in [3.63, 3.8) is 0 Å². The summed E-state index contributed by atoms with van der Waals surface area (Å²) in [4.78, 5) is 0. The third-order valence-electron chi connectivity index (χ3n) is 9.11. The Morgan fingerprint density at radius 2 is 0.583 bits per heavy atom. The van der Waals surface area contributed by atoms with Crippen LogP contribution in [0.1, 0.15) is 66.8 Å². The molecule has 10 rings (SSSR count). The van der Waals surface area contributed by atoms with Crippen LogP contribution in [0.25, 0.3) is 48.6 Å². The molecule has 4 aliphatic rings. The summed E-state index contributed by atoms with van der Waals surface area (Å²) in [5, 5.41) is 0. The topological polar surface area (TPSA) is 0 Å². The van der Waals surface area contributed by atoms with Crippen LogP contribution >= 0.6 is 0 Å². The van der Waals surface area contributed by atoms with Crippen molar-refractivity contribution in [2.45, 2.75) is 25.7 Å². The number of benzene rings is 6. The van der Waals surface area contributed by atoms with E-state index in [2.05, 4.69) is 182 Å². The first-order chi connectivity index (χ1) is 23.7. The Labute approximate surface area is 285 Å². The first-order valence-electron chi connectivity index (χ1n) is 17.0. The van der Waals surface area contributed by atoms with E-state index in [4.69, 9.17) is 0 Å². The Morgan fingerprint density at radius 1 is 0.271 bits per heavy atom. The van der Waals surface area contributed by atoms with Gasteiger partial charge in [-0.3, -0.25) is 0 Å². The van der Waals surface area contributed by atoms with E-state index >= 15 is 0 Å². The zero-order chi connectivity index (χ0) is 32.4. The van der Waals surface area contributed by atoms with E-state index in [1.165, 1.54) is 66.8 Å². The number of rotatable bonds is 8. The number of aryl methyl sites for hydroxylation is 4. The van der Waals surface area contributed by atoms with E-state index in [1.54, 1.807) is 0 Å². The average Bonchev–Trinajstić information content (AvgIpc) is 3.14. The second-order valence-electron chi connectivity index (χ2n) is 12.6. The molecule has 0 saturated heterocycles. The van der Waals surface area contributed by atoms with Crippen LogP contribution in [0.3, 0.4) is 0 Å². The fraction of sp³-hybridized carbons (Fsp3) is 0.0833. The van der Waals surface area contributed by atoms with Gasteiger partial charge in [-0.25, -0.2) is 0 Å². The molecule has 6 aromatic rings. The maximum atomic E-state index is 2.40. The zero-order valence-electron chi connectivity index (χ0n) is 27.3. The minimum Gasteiger partial charge on any atom is -0.0622 e. The highest BCUT2D eigenvalue weighted by Crippen LogP contribution is 2.25.